The molecule has 0 aromatic heterocycles. The van der Waals surface area contributed by atoms with Crippen LogP contribution in [0.15, 0.2) is 24.3 Å². The Balaban J connectivity index is 2.87. The number of halogens is 1. The van der Waals surface area contributed by atoms with Crippen molar-refractivity contribution in [3.8, 4) is 0 Å². The summed E-state index contributed by atoms with van der Waals surface area (Å²) in [5, 5.41) is -0.708. The van der Waals surface area contributed by atoms with Gasteiger partial charge in [-0.05, 0) is 25.1 Å². The van der Waals surface area contributed by atoms with E-state index in [4.69, 9.17) is 5.73 Å². The summed E-state index contributed by atoms with van der Waals surface area (Å²) in [6.45, 7) is 1.51. The van der Waals surface area contributed by atoms with Gasteiger partial charge in [0.1, 0.15) is 5.82 Å². The number of hydrogen-bond donors (Lipinski definition) is 2. The van der Waals surface area contributed by atoms with E-state index in [1.54, 1.807) is 0 Å². The molecular formula is C9H13FN2O2S. The standard InChI is InChI=1S/C9H13FN2O2S/c1-7(6-11)15(13,14)12-9-4-2-3-8(10)5-9/h2-5,7,12H,6,11H2,1H3. The van der Waals surface area contributed by atoms with Crippen molar-refractivity contribution in [3.63, 3.8) is 0 Å². The average Bonchev–Trinajstić information content (AvgIpc) is 2.15. The van der Waals surface area contributed by atoms with Crippen molar-refractivity contribution < 1.29 is 12.8 Å². The zero-order chi connectivity index (χ0) is 11.5. The fourth-order valence-electron chi connectivity index (χ4n) is 0.944. The smallest absolute Gasteiger partial charge is 0.236 e. The van der Waals surface area contributed by atoms with Crippen molar-refractivity contribution in [1.82, 2.24) is 0 Å². The molecule has 0 saturated carbocycles. The lowest BCUT2D eigenvalue weighted by atomic mass is 10.3. The molecule has 1 aromatic carbocycles. The maximum absolute atomic E-state index is 12.8. The molecule has 0 heterocycles. The topological polar surface area (TPSA) is 72.2 Å². The van der Waals surface area contributed by atoms with Crippen LogP contribution < -0.4 is 10.5 Å². The molecule has 3 N–H and O–H groups in total. The van der Waals surface area contributed by atoms with E-state index in [1.807, 2.05) is 0 Å². The third kappa shape index (κ3) is 3.17. The van der Waals surface area contributed by atoms with Gasteiger partial charge in [-0.1, -0.05) is 6.07 Å². The number of nitrogens with two attached hydrogens (primary N) is 1. The number of anilines is 1. The Morgan fingerprint density at radius 1 is 1.53 bits per heavy atom. The average molecular weight is 232 g/mol. The van der Waals surface area contributed by atoms with Gasteiger partial charge in [-0.2, -0.15) is 0 Å². The minimum absolute atomic E-state index is 0.0185. The first-order valence-corrected chi connectivity index (χ1v) is 5.97. The van der Waals surface area contributed by atoms with Gasteiger partial charge in [0.05, 0.1) is 10.9 Å². The lowest BCUT2D eigenvalue weighted by molar-refractivity contribution is 0.589. The SMILES string of the molecule is CC(CN)S(=O)(=O)Nc1cccc(F)c1. The molecule has 0 amide bonds. The second kappa shape index (κ2) is 4.59. The number of rotatable bonds is 4. The predicted octanol–water partition coefficient (Wildman–Crippen LogP) is 0.915. The summed E-state index contributed by atoms with van der Waals surface area (Å²) in [6.07, 6.45) is 0. The van der Waals surface area contributed by atoms with E-state index in [2.05, 4.69) is 4.72 Å². The van der Waals surface area contributed by atoms with Crippen LogP contribution in [0, 0.1) is 5.82 Å². The van der Waals surface area contributed by atoms with Gasteiger partial charge < -0.3 is 5.73 Å². The van der Waals surface area contributed by atoms with Crippen LogP contribution in [0.3, 0.4) is 0 Å². The van der Waals surface area contributed by atoms with Crippen molar-refractivity contribution in [1.29, 1.82) is 0 Å². The summed E-state index contributed by atoms with van der Waals surface area (Å²) in [5.41, 5.74) is 5.45. The lowest BCUT2D eigenvalue weighted by Gasteiger charge is -2.12. The third-order valence-electron chi connectivity index (χ3n) is 1.95. The highest BCUT2D eigenvalue weighted by Crippen LogP contribution is 2.12. The van der Waals surface area contributed by atoms with Gasteiger partial charge in [-0.3, -0.25) is 4.72 Å². The Labute approximate surface area is 88.3 Å². The summed E-state index contributed by atoms with van der Waals surface area (Å²) in [5.74, 6) is -0.490. The quantitative estimate of drug-likeness (QED) is 0.810. The molecular weight excluding hydrogens is 219 g/mol. The highest BCUT2D eigenvalue weighted by molar-refractivity contribution is 7.93. The molecule has 6 heteroatoms. The van der Waals surface area contributed by atoms with Crippen molar-refractivity contribution >= 4 is 15.7 Å². The van der Waals surface area contributed by atoms with E-state index >= 15 is 0 Å². The van der Waals surface area contributed by atoms with Crippen molar-refractivity contribution in [3.05, 3.63) is 30.1 Å². The van der Waals surface area contributed by atoms with E-state index < -0.39 is 21.1 Å². The van der Waals surface area contributed by atoms with Crippen LogP contribution in [0.1, 0.15) is 6.92 Å². The van der Waals surface area contributed by atoms with Crippen molar-refractivity contribution in [2.45, 2.75) is 12.2 Å². The van der Waals surface area contributed by atoms with Crippen molar-refractivity contribution in [2.24, 2.45) is 5.73 Å². The molecule has 0 spiro atoms. The minimum Gasteiger partial charge on any atom is -0.329 e. The number of nitrogens with one attached hydrogen (secondary N) is 1. The minimum atomic E-state index is -3.52. The number of hydrogen-bond acceptors (Lipinski definition) is 3. The monoisotopic (exact) mass is 232 g/mol. The van der Waals surface area contributed by atoms with Crippen LogP contribution in [-0.2, 0) is 10.0 Å². The Bertz CT molecular complexity index is 433. The highest BCUT2D eigenvalue weighted by atomic mass is 32.2. The molecule has 1 rings (SSSR count). The summed E-state index contributed by atoms with van der Waals surface area (Å²) in [6, 6.07) is 5.26. The van der Waals surface area contributed by atoms with Gasteiger partial charge in [0.2, 0.25) is 10.0 Å². The van der Waals surface area contributed by atoms with E-state index in [0.29, 0.717) is 0 Å². The molecule has 0 aliphatic heterocycles. The molecule has 15 heavy (non-hydrogen) atoms. The van der Waals surface area contributed by atoms with E-state index in [0.717, 1.165) is 6.07 Å². The molecule has 4 nitrogen and oxygen atoms in total. The number of sulfonamides is 1. The Kier molecular flexibility index (Phi) is 3.65. The largest absolute Gasteiger partial charge is 0.329 e. The zero-order valence-electron chi connectivity index (χ0n) is 8.27. The Hall–Kier alpha value is -1.14. The summed E-state index contributed by atoms with van der Waals surface area (Å²) in [7, 11) is -3.52. The van der Waals surface area contributed by atoms with Gasteiger partial charge in [-0.15, -0.1) is 0 Å². The van der Waals surface area contributed by atoms with Crippen LogP contribution in [0.2, 0.25) is 0 Å². The summed E-state index contributed by atoms with van der Waals surface area (Å²) < 4.78 is 38.1. The van der Waals surface area contributed by atoms with Gasteiger partial charge in [-0.25, -0.2) is 12.8 Å². The first kappa shape index (κ1) is 11.9. The molecule has 1 unspecified atom stereocenters. The van der Waals surface area contributed by atoms with E-state index in [1.165, 1.54) is 25.1 Å². The van der Waals surface area contributed by atoms with Crippen LogP contribution in [0.4, 0.5) is 10.1 Å². The van der Waals surface area contributed by atoms with Crippen LogP contribution in [-0.4, -0.2) is 20.2 Å². The van der Waals surface area contributed by atoms with E-state index in [-0.39, 0.29) is 12.2 Å². The first-order valence-electron chi connectivity index (χ1n) is 4.43. The lowest BCUT2D eigenvalue weighted by Crippen LogP contribution is -2.31. The third-order valence-corrected chi connectivity index (χ3v) is 3.72. The molecule has 0 fully saturated rings. The van der Waals surface area contributed by atoms with Gasteiger partial charge in [0.25, 0.3) is 0 Å². The number of benzene rings is 1. The molecule has 1 atom stereocenters. The van der Waals surface area contributed by atoms with Crippen LogP contribution >= 0.6 is 0 Å². The molecule has 0 aliphatic rings. The van der Waals surface area contributed by atoms with Crippen LogP contribution in [0.5, 0.6) is 0 Å². The zero-order valence-corrected chi connectivity index (χ0v) is 9.09. The Morgan fingerprint density at radius 2 is 2.20 bits per heavy atom. The highest BCUT2D eigenvalue weighted by Gasteiger charge is 2.18. The van der Waals surface area contributed by atoms with Gasteiger partial charge >= 0.3 is 0 Å². The maximum atomic E-state index is 12.8. The molecule has 0 saturated heterocycles. The fraction of sp³-hybridized carbons (Fsp3) is 0.333. The molecule has 0 bridgehead atoms. The normalized spacial score (nSPS) is 13.5. The van der Waals surface area contributed by atoms with Gasteiger partial charge in [0.15, 0.2) is 0 Å². The summed E-state index contributed by atoms with van der Waals surface area (Å²) in [4.78, 5) is 0. The summed E-state index contributed by atoms with van der Waals surface area (Å²) >= 11 is 0. The van der Waals surface area contributed by atoms with Gasteiger partial charge in [0, 0.05) is 6.54 Å². The van der Waals surface area contributed by atoms with Crippen LogP contribution in [0.25, 0.3) is 0 Å². The second-order valence-corrected chi connectivity index (χ2v) is 5.30. The van der Waals surface area contributed by atoms with E-state index in [9.17, 15) is 12.8 Å². The maximum Gasteiger partial charge on any atom is 0.236 e. The van der Waals surface area contributed by atoms with Crippen molar-refractivity contribution in [2.75, 3.05) is 11.3 Å². The molecule has 0 radical (unpaired) electrons. The molecule has 84 valence electrons. The molecule has 1 aromatic rings. The predicted molar refractivity (Wildman–Crippen MR) is 57.5 cm³/mol. The Morgan fingerprint density at radius 3 is 2.73 bits per heavy atom. The fourth-order valence-corrected chi connectivity index (χ4v) is 1.85. The molecule has 0 aliphatic carbocycles. The first-order chi connectivity index (χ1) is 6.95. The second-order valence-electron chi connectivity index (χ2n) is 3.20.